The second-order valence-electron chi connectivity index (χ2n) is 3.59. The average molecular weight is 236 g/mol. The fourth-order valence-electron chi connectivity index (χ4n) is 1.31. The molecule has 0 N–H and O–H groups in total. The van der Waals surface area contributed by atoms with Gasteiger partial charge in [-0.2, -0.15) is 0 Å². The van der Waals surface area contributed by atoms with E-state index in [9.17, 15) is 13.2 Å². The first-order valence-electron chi connectivity index (χ1n) is 4.95. The van der Waals surface area contributed by atoms with Gasteiger partial charge in [-0.1, -0.05) is 11.5 Å². The van der Waals surface area contributed by atoms with E-state index in [2.05, 4.69) is 0 Å². The molecule has 86 valence electrons. The quantitative estimate of drug-likeness (QED) is 0.726. The lowest BCUT2D eigenvalue weighted by molar-refractivity contribution is 0.458. The van der Waals surface area contributed by atoms with Gasteiger partial charge in [0, 0.05) is 12.1 Å². The molecule has 2 aromatic carbocycles. The van der Waals surface area contributed by atoms with Crippen LogP contribution in [0.2, 0.25) is 0 Å². The van der Waals surface area contributed by atoms with Crippen LogP contribution in [-0.2, 0) is 0 Å². The summed E-state index contributed by atoms with van der Waals surface area (Å²) in [4.78, 5) is 0. The molecule has 0 aliphatic carbocycles. The van der Waals surface area contributed by atoms with E-state index in [1.807, 2.05) is 0 Å². The van der Waals surface area contributed by atoms with Crippen LogP contribution in [-0.4, -0.2) is 7.85 Å². The van der Waals surface area contributed by atoms with E-state index >= 15 is 0 Å². The highest BCUT2D eigenvalue weighted by Crippen LogP contribution is 2.22. The highest BCUT2D eigenvalue weighted by atomic mass is 19.2. The molecule has 0 radical (unpaired) electrons. The molecule has 1 nitrogen and oxygen atoms in total. The molecule has 0 aliphatic heterocycles. The van der Waals surface area contributed by atoms with Crippen LogP contribution in [0, 0.1) is 17.5 Å². The van der Waals surface area contributed by atoms with Gasteiger partial charge < -0.3 is 4.74 Å². The van der Waals surface area contributed by atoms with Crippen molar-refractivity contribution in [3.05, 3.63) is 53.8 Å². The van der Waals surface area contributed by atoms with E-state index in [4.69, 9.17) is 4.74 Å². The van der Waals surface area contributed by atoms with Gasteiger partial charge in [-0.25, -0.2) is 13.2 Å². The molecule has 0 fully saturated rings. The van der Waals surface area contributed by atoms with E-state index < -0.39 is 17.5 Å². The summed E-state index contributed by atoms with van der Waals surface area (Å²) in [5.74, 6) is -2.01. The Balaban J connectivity index is 2.25. The Labute approximate surface area is 97.3 Å². The topological polar surface area (TPSA) is 9.23 Å². The lowest BCUT2D eigenvalue weighted by Crippen LogP contribution is -2.07. The van der Waals surface area contributed by atoms with E-state index in [-0.39, 0.29) is 11.5 Å². The minimum absolute atomic E-state index is 0.118. The van der Waals surface area contributed by atoms with Crippen molar-refractivity contribution >= 4 is 13.3 Å². The van der Waals surface area contributed by atoms with Crippen molar-refractivity contribution < 1.29 is 17.9 Å². The van der Waals surface area contributed by atoms with Crippen LogP contribution in [0.1, 0.15) is 0 Å². The summed E-state index contributed by atoms with van der Waals surface area (Å²) >= 11 is 0. The van der Waals surface area contributed by atoms with Crippen LogP contribution in [0.4, 0.5) is 13.2 Å². The van der Waals surface area contributed by atoms with Gasteiger partial charge in [-0.05, 0) is 18.2 Å². The first kappa shape index (κ1) is 11.6. The number of hydrogen-bond donors (Lipinski definition) is 0. The fraction of sp³-hybridized carbons (Fsp3) is 0. The van der Waals surface area contributed by atoms with E-state index in [0.717, 1.165) is 12.1 Å². The molecule has 2 rings (SSSR count). The second-order valence-corrected chi connectivity index (χ2v) is 3.59. The van der Waals surface area contributed by atoms with Crippen molar-refractivity contribution in [2.75, 3.05) is 0 Å². The van der Waals surface area contributed by atoms with Crippen LogP contribution in [0.15, 0.2) is 36.4 Å². The normalized spacial score (nSPS) is 10.3. The predicted molar refractivity (Wildman–Crippen MR) is 61.0 cm³/mol. The summed E-state index contributed by atoms with van der Waals surface area (Å²) in [5, 5.41) is 0. The third-order valence-electron chi connectivity index (χ3n) is 2.27. The smallest absolute Gasteiger partial charge is 0.162 e. The van der Waals surface area contributed by atoms with Crippen LogP contribution < -0.4 is 10.2 Å². The molecule has 0 saturated carbocycles. The molecular weight excluding hydrogens is 228 g/mol. The summed E-state index contributed by atoms with van der Waals surface area (Å²) in [6.07, 6.45) is 0. The number of ether oxygens (including phenoxy) is 1. The van der Waals surface area contributed by atoms with Gasteiger partial charge in [-0.15, -0.1) is 0 Å². The third kappa shape index (κ3) is 2.61. The van der Waals surface area contributed by atoms with Gasteiger partial charge >= 0.3 is 0 Å². The maximum atomic E-state index is 13.2. The van der Waals surface area contributed by atoms with Crippen LogP contribution in [0.25, 0.3) is 0 Å². The molecule has 0 aliphatic rings. The minimum Gasteiger partial charge on any atom is -0.457 e. The van der Waals surface area contributed by atoms with E-state index in [1.165, 1.54) is 12.1 Å². The number of benzene rings is 2. The number of halogens is 3. The first-order valence-corrected chi connectivity index (χ1v) is 4.95. The average Bonchev–Trinajstić information content (AvgIpc) is 2.29. The molecule has 0 heterocycles. The van der Waals surface area contributed by atoms with Crippen LogP contribution in [0.5, 0.6) is 11.5 Å². The molecule has 0 saturated heterocycles. The predicted octanol–water partition coefficient (Wildman–Crippen LogP) is 2.15. The zero-order valence-electron chi connectivity index (χ0n) is 9.01. The molecule has 0 amide bonds. The Bertz CT molecular complexity index is 508. The number of hydrogen-bond acceptors (Lipinski definition) is 1. The standard InChI is InChI=1S/C12H8BF3O/c13-9-3-1-7(5-11(9)15)17-8-2-4-10(14)12(16)6-8/h1-6H,13H2. The molecule has 2 aromatic rings. The highest BCUT2D eigenvalue weighted by Gasteiger charge is 2.05. The zero-order chi connectivity index (χ0) is 12.4. The van der Waals surface area contributed by atoms with Gasteiger partial charge in [0.1, 0.15) is 25.2 Å². The van der Waals surface area contributed by atoms with Crippen LogP contribution in [0.3, 0.4) is 0 Å². The Hall–Kier alpha value is -1.91. The SMILES string of the molecule is Bc1ccc(Oc2ccc(F)c(F)c2)cc1F. The Morgan fingerprint density at radius 3 is 1.94 bits per heavy atom. The lowest BCUT2D eigenvalue weighted by atomic mass is 9.96. The van der Waals surface area contributed by atoms with Gasteiger partial charge in [0.05, 0.1) is 0 Å². The maximum Gasteiger partial charge on any atom is 0.162 e. The zero-order valence-corrected chi connectivity index (χ0v) is 9.01. The Morgan fingerprint density at radius 2 is 1.35 bits per heavy atom. The Kier molecular flexibility index (Phi) is 3.09. The lowest BCUT2D eigenvalue weighted by Gasteiger charge is -2.06. The van der Waals surface area contributed by atoms with E-state index in [1.54, 1.807) is 20.0 Å². The maximum absolute atomic E-state index is 13.2. The molecule has 0 unspecified atom stereocenters. The summed E-state index contributed by atoms with van der Waals surface area (Å²) in [7, 11) is 1.62. The monoisotopic (exact) mass is 236 g/mol. The minimum atomic E-state index is -1.00. The molecular formula is C12H8BF3O. The summed E-state index contributed by atoms with van der Waals surface area (Å²) in [6.45, 7) is 0. The van der Waals surface area contributed by atoms with Crippen molar-refractivity contribution in [3.8, 4) is 11.5 Å². The largest absolute Gasteiger partial charge is 0.457 e. The van der Waals surface area contributed by atoms with Crippen molar-refractivity contribution in [1.82, 2.24) is 0 Å². The van der Waals surface area contributed by atoms with Gasteiger partial charge in [0.2, 0.25) is 0 Å². The molecule has 0 aromatic heterocycles. The van der Waals surface area contributed by atoms with Gasteiger partial charge in [0.25, 0.3) is 0 Å². The highest BCUT2D eigenvalue weighted by molar-refractivity contribution is 6.32. The molecule has 0 atom stereocenters. The first-order chi connectivity index (χ1) is 8.06. The molecule has 0 spiro atoms. The van der Waals surface area contributed by atoms with Crippen LogP contribution >= 0.6 is 0 Å². The van der Waals surface area contributed by atoms with Gasteiger partial charge in [0.15, 0.2) is 11.6 Å². The van der Waals surface area contributed by atoms with Crippen molar-refractivity contribution in [1.29, 1.82) is 0 Å². The van der Waals surface area contributed by atoms with Crippen molar-refractivity contribution in [2.24, 2.45) is 0 Å². The molecule has 5 heteroatoms. The molecule has 0 bridgehead atoms. The van der Waals surface area contributed by atoms with Crippen molar-refractivity contribution in [2.45, 2.75) is 0 Å². The second kappa shape index (κ2) is 4.53. The van der Waals surface area contributed by atoms with E-state index in [0.29, 0.717) is 5.46 Å². The van der Waals surface area contributed by atoms with Crippen molar-refractivity contribution in [3.63, 3.8) is 0 Å². The van der Waals surface area contributed by atoms with Gasteiger partial charge in [-0.3, -0.25) is 0 Å². The summed E-state index contributed by atoms with van der Waals surface area (Å²) < 4.78 is 44.0. The number of rotatable bonds is 2. The summed E-state index contributed by atoms with van der Waals surface area (Å²) in [5.41, 5.74) is 0.489. The summed E-state index contributed by atoms with van der Waals surface area (Å²) in [6, 6.07) is 7.43. The molecule has 17 heavy (non-hydrogen) atoms. The fourth-order valence-corrected chi connectivity index (χ4v) is 1.31. The Morgan fingerprint density at radius 1 is 0.765 bits per heavy atom. The third-order valence-corrected chi connectivity index (χ3v) is 2.27.